The van der Waals surface area contributed by atoms with Gasteiger partial charge in [0, 0.05) is 12.1 Å². The molecule has 11 nitrogen and oxygen atoms in total. The van der Waals surface area contributed by atoms with Gasteiger partial charge in [0.25, 0.3) is 10.0 Å². The average Bonchev–Trinajstić information content (AvgIpc) is 3.33. The van der Waals surface area contributed by atoms with Gasteiger partial charge in [0.15, 0.2) is 15.8 Å². The van der Waals surface area contributed by atoms with Gasteiger partial charge in [-0.3, -0.25) is 14.4 Å². The Morgan fingerprint density at radius 1 is 0.971 bits per heavy atom. The van der Waals surface area contributed by atoms with Crippen LogP contribution < -0.4 is 28.6 Å². The minimum absolute atomic E-state index is 0.110. The molecule has 0 saturated heterocycles. The maximum atomic E-state index is 13.8. The lowest BCUT2D eigenvalue weighted by Crippen LogP contribution is -2.38. The number of anilines is 2. The molecule has 0 saturated carbocycles. The molecule has 188 valence electrons. The van der Waals surface area contributed by atoms with E-state index < -0.39 is 22.5 Å². The van der Waals surface area contributed by atoms with Gasteiger partial charge in [-0.05, 0) is 30.5 Å². The molecule has 35 heavy (non-hydrogen) atoms. The SMILES string of the molecule is COc1ccc(OC)c(N(CC(=O)Nc2nnc(SC)s2)S(=O)(=O)c2ccc(OC)c(OC)c2)c1. The van der Waals surface area contributed by atoms with E-state index in [0.29, 0.717) is 15.8 Å². The maximum Gasteiger partial charge on any atom is 0.265 e. The molecule has 0 aliphatic carbocycles. The second kappa shape index (κ2) is 11.5. The molecule has 0 spiro atoms. The standard InChI is InChI=1S/C21H24N4O7S3/c1-29-13-6-8-16(30-2)15(10-13)25(12-19(26)22-20-23-24-21(33-5)34-20)35(27,28)14-7-9-17(31-3)18(11-14)32-4/h6-11H,12H2,1-5H3,(H,22,23,26). The first-order valence-electron chi connectivity index (χ1n) is 9.91. The first-order valence-corrected chi connectivity index (χ1v) is 13.4. The number of amides is 1. The predicted molar refractivity (Wildman–Crippen MR) is 134 cm³/mol. The molecule has 0 aliphatic rings. The molecule has 1 heterocycles. The summed E-state index contributed by atoms with van der Waals surface area (Å²) in [6.07, 6.45) is 1.83. The largest absolute Gasteiger partial charge is 0.497 e. The number of ether oxygens (including phenoxy) is 4. The van der Waals surface area contributed by atoms with Crippen molar-refractivity contribution >= 4 is 49.8 Å². The summed E-state index contributed by atoms with van der Waals surface area (Å²) >= 11 is 2.56. The first-order chi connectivity index (χ1) is 16.8. The van der Waals surface area contributed by atoms with Gasteiger partial charge in [0.05, 0.1) is 39.0 Å². The van der Waals surface area contributed by atoms with Crippen LogP contribution >= 0.6 is 23.1 Å². The van der Waals surface area contributed by atoms with E-state index >= 15 is 0 Å². The highest BCUT2D eigenvalue weighted by molar-refractivity contribution is 8.00. The highest BCUT2D eigenvalue weighted by atomic mass is 32.2. The lowest BCUT2D eigenvalue weighted by Gasteiger charge is -2.26. The summed E-state index contributed by atoms with van der Waals surface area (Å²) in [5.41, 5.74) is 0.110. The molecular formula is C21H24N4O7S3. The van der Waals surface area contributed by atoms with Crippen molar-refractivity contribution in [1.29, 1.82) is 0 Å². The molecule has 1 amide bonds. The highest BCUT2D eigenvalue weighted by Crippen LogP contribution is 2.37. The molecule has 0 bridgehead atoms. The van der Waals surface area contributed by atoms with E-state index in [1.54, 1.807) is 12.1 Å². The smallest absolute Gasteiger partial charge is 0.265 e. The van der Waals surface area contributed by atoms with Crippen LogP contribution in [0.5, 0.6) is 23.0 Å². The number of carbonyl (C=O) groups excluding carboxylic acids is 1. The van der Waals surface area contributed by atoms with Crippen LogP contribution in [0.4, 0.5) is 10.8 Å². The Balaban J connectivity index is 2.08. The molecule has 3 rings (SSSR count). The Bertz CT molecular complexity index is 1300. The third-order valence-corrected chi connectivity index (χ3v) is 8.28. The molecule has 2 aromatic carbocycles. The predicted octanol–water partition coefficient (Wildman–Crippen LogP) is 3.13. The van der Waals surface area contributed by atoms with Gasteiger partial charge in [0.1, 0.15) is 18.0 Å². The number of aromatic nitrogens is 2. The Hall–Kier alpha value is -3.23. The first kappa shape index (κ1) is 26.4. The second-order valence-corrected chi connectivity index (χ2v) is 10.6. The van der Waals surface area contributed by atoms with E-state index in [1.165, 1.54) is 75.8 Å². The summed E-state index contributed by atoms with van der Waals surface area (Å²) in [5, 5.41) is 10.7. The zero-order valence-corrected chi connectivity index (χ0v) is 22.0. The van der Waals surface area contributed by atoms with Crippen molar-refractivity contribution in [2.24, 2.45) is 0 Å². The monoisotopic (exact) mass is 540 g/mol. The van der Waals surface area contributed by atoms with Crippen LogP contribution in [0.3, 0.4) is 0 Å². The highest BCUT2D eigenvalue weighted by Gasteiger charge is 2.31. The van der Waals surface area contributed by atoms with E-state index in [0.717, 1.165) is 4.31 Å². The minimum Gasteiger partial charge on any atom is -0.497 e. The van der Waals surface area contributed by atoms with Gasteiger partial charge in [-0.15, -0.1) is 10.2 Å². The van der Waals surface area contributed by atoms with Crippen LogP contribution in [0, 0.1) is 0 Å². The Labute approximate surface area is 211 Å². The topological polar surface area (TPSA) is 129 Å². The fraction of sp³-hybridized carbons (Fsp3) is 0.286. The number of nitrogens with zero attached hydrogens (tertiary/aromatic N) is 3. The third kappa shape index (κ3) is 5.89. The zero-order valence-electron chi connectivity index (χ0n) is 19.6. The molecule has 1 aromatic heterocycles. The number of rotatable bonds is 11. The average molecular weight is 541 g/mol. The van der Waals surface area contributed by atoms with Gasteiger partial charge in [0.2, 0.25) is 11.0 Å². The molecule has 3 aromatic rings. The van der Waals surface area contributed by atoms with Crippen LogP contribution in [0.25, 0.3) is 0 Å². The zero-order chi connectivity index (χ0) is 25.6. The van der Waals surface area contributed by atoms with E-state index in [2.05, 4.69) is 15.5 Å². The van der Waals surface area contributed by atoms with Crippen LogP contribution in [0.1, 0.15) is 0 Å². The van der Waals surface area contributed by atoms with E-state index in [-0.39, 0.29) is 27.2 Å². The third-order valence-electron chi connectivity index (χ3n) is 4.71. The van der Waals surface area contributed by atoms with Gasteiger partial charge in [-0.25, -0.2) is 8.42 Å². The van der Waals surface area contributed by atoms with Crippen LogP contribution in [0.15, 0.2) is 45.6 Å². The van der Waals surface area contributed by atoms with Crippen molar-refractivity contribution in [3.05, 3.63) is 36.4 Å². The summed E-state index contributed by atoms with van der Waals surface area (Å²) in [4.78, 5) is 12.8. The number of thioether (sulfide) groups is 1. The molecule has 0 aliphatic heterocycles. The van der Waals surface area contributed by atoms with Gasteiger partial charge in [-0.1, -0.05) is 23.1 Å². The molecule has 1 N–H and O–H groups in total. The number of benzene rings is 2. The molecular weight excluding hydrogens is 516 g/mol. The normalized spacial score (nSPS) is 11.0. The number of hydrogen-bond acceptors (Lipinski definition) is 11. The maximum absolute atomic E-state index is 13.8. The molecule has 0 unspecified atom stereocenters. The van der Waals surface area contributed by atoms with E-state index in [1.807, 2.05) is 6.26 Å². The summed E-state index contributed by atoms with van der Waals surface area (Å²) in [5.74, 6) is 0.554. The van der Waals surface area contributed by atoms with Gasteiger partial charge < -0.3 is 18.9 Å². The number of sulfonamides is 1. The van der Waals surface area contributed by atoms with Gasteiger partial charge >= 0.3 is 0 Å². The summed E-state index contributed by atoms with van der Waals surface area (Å²) in [6, 6.07) is 8.80. The fourth-order valence-electron chi connectivity index (χ4n) is 3.03. The Kier molecular flexibility index (Phi) is 8.64. The van der Waals surface area contributed by atoms with Crippen molar-refractivity contribution in [3.63, 3.8) is 0 Å². The van der Waals surface area contributed by atoms with E-state index in [9.17, 15) is 13.2 Å². The quantitative estimate of drug-likeness (QED) is 0.286. The number of nitrogens with one attached hydrogen (secondary N) is 1. The van der Waals surface area contributed by atoms with E-state index in [4.69, 9.17) is 18.9 Å². The Morgan fingerprint density at radius 2 is 1.66 bits per heavy atom. The number of hydrogen-bond donors (Lipinski definition) is 1. The number of carbonyl (C=O) groups is 1. The van der Waals surface area contributed by atoms with Crippen LogP contribution in [-0.2, 0) is 14.8 Å². The number of methoxy groups -OCH3 is 4. The van der Waals surface area contributed by atoms with Crippen molar-refractivity contribution < 1.29 is 32.2 Å². The lowest BCUT2D eigenvalue weighted by molar-refractivity contribution is -0.114. The summed E-state index contributed by atoms with van der Waals surface area (Å²) < 4.78 is 50.4. The van der Waals surface area contributed by atoms with Crippen molar-refractivity contribution in [3.8, 4) is 23.0 Å². The second-order valence-electron chi connectivity index (χ2n) is 6.69. The Morgan fingerprint density at radius 3 is 2.26 bits per heavy atom. The van der Waals surface area contributed by atoms with Crippen LogP contribution in [-0.4, -0.2) is 65.8 Å². The minimum atomic E-state index is -4.29. The summed E-state index contributed by atoms with van der Waals surface area (Å²) in [6.45, 7) is -0.575. The van der Waals surface area contributed by atoms with Crippen molar-refractivity contribution in [2.45, 2.75) is 9.24 Å². The fourth-order valence-corrected chi connectivity index (χ4v) is 5.65. The molecule has 0 fully saturated rings. The van der Waals surface area contributed by atoms with Crippen molar-refractivity contribution in [1.82, 2.24) is 10.2 Å². The molecule has 0 radical (unpaired) electrons. The molecule has 0 atom stereocenters. The van der Waals surface area contributed by atoms with Crippen molar-refractivity contribution in [2.75, 3.05) is 50.9 Å². The van der Waals surface area contributed by atoms with Crippen LogP contribution in [0.2, 0.25) is 0 Å². The molecule has 14 heteroatoms. The lowest BCUT2D eigenvalue weighted by atomic mass is 10.2. The van der Waals surface area contributed by atoms with Gasteiger partial charge in [-0.2, -0.15) is 0 Å². The summed E-state index contributed by atoms with van der Waals surface area (Å²) in [7, 11) is 1.40.